The van der Waals surface area contributed by atoms with Crippen molar-refractivity contribution in [3.8, 4) is 0 Å². The highest BCUT2D eigenvalue weighted by Crippen LogP contribution is 2.30. The fraction of sp³-hybridized carbons (Fsp3) is 0.385. The van der Waals surface area contributed by atoms with Crippen LogP contribution in [-0.4, -0.2) is 34.0 Å². The van der Waals surface area contributed by atoms with Crippen LogP contribution in [0, 0.1) is 9.39 Å². The molecule has 1 N–H and O–H groups in total. The van der Waals surface area contributed by atoms with Crippen molar-refractivity contribution in [2.24, 2.45) is 0 Å². The first kappa shape index (κ1) is 14.2. The van der Waals surface area contributed by atoms with Crippen molar-refractivity contribution >= 4 is 34.5 Å². The molecule has 0 radical (unpaired) electrons. The van der Waals surface area contributed by atoms with E-state index in [1.54, 1.807) is 0 Å². The molecule has 1 atom stereocenters. The minimum atomic E-state index is -1.05. The molecule has 1 saturated carbocycles. The first-order valence-corrected chi connectivity index (χ1v) is 7.00. The number of rotatable bonds is 4. The van der Waals surface area contributed by atoms with Crippen molar-refractivity contribution in [2.75, 3.05) is 0 Å². The molecule has 1 aromatic carbocycles. The van der Waals surface area contributed by atoms with Crippen molar-refractivity contribution in [1.29, 1.82) is 0 Å². The van der Waals surface area contributed by atoms with E-state index in [-0.39, 0.29) is 11.6 Å². The molecule has 1 aromatic rings. The number of halogens is 2. The Labute approximate surface area is 123 Å². The third-order valence-corrected chi connectivity index (χ3v) is 3.99. The van der Waals surface area contributed by atoms with Crippen LogP contribution in [0.5, 0.6) is 0 Å². The summed E-state index contributed by atoms with van der Waals surface area (Å²) in [5, 5.41) is 9.05. The van der Waals surface area contributed by atoms with Gasteiger partial charge >= 0.3 is 5.97 Å². The number of benzene rings is 1. The molecule has 1 aliphatic rings. The summed E-state index contributed by atoms with van der Waals surface area (Å²) in [4.78, 5) is 24.7. The molecule has 102 valence electrons. The standard InChI is InChI=1S/C13H13FINO3/c1-7(13(18)19)16(9-3-4-9)12(17)8-2-5-11(15)10(14)6-8/h2,5-7,9H,3-4H2,1H3,(H,18,19). The number of carboxylic acids is 1. The van der Waals surface area contributed by atoms with E-state index < -0.39 is 23.7 Å². The van der Waals surface area contributed by atoms with E-state index in [0.29, 0.717) is 3.57 Å². The molecule has 0 saturated heterocycles. The average Bonchev–Trinajstić information content (AvgIpc) is 3.17. The molecule has 6 heteroatoms. The molecule has 1 aliphatic carbocycles. The van der Waals surface area contributed by atoms with Crippen LogP contribution in [0.15, 0.2) is 18.2 Å². The lowest BCUT2D eigenvalue weighted by Crippen LogP contribution is -2.44. The minimum absolute atomic E-state index is 0.0408. The molecule has 4 nitrogen and oxygen atoms in total. The first-order chi connectivity index (χ1) is 8.91. The summed E-state index contributed by atoms with van der Waals surface area (Å²) in [6.07, 6.45) is 1.60. The summed E-state index contributed by atoms with van der Waals surface area (Å²) < 4.78 is 13.9. The summed E-state index contributed by atoms with van der Waals surface area (Å²) >= 11 is 1.84. The van der Waals surface area contributed by atoms with Gasteiger partial charge in [-0.2, -0.15) is 0 Å². The number of nitrogens with zero attached hydrogens (tertiary/aromatic N) is 1. The van der Waals surface area contributed by atoms with Gasteiger partial charge in [0.15, 0.2) is 0 Å². The van der Waals surface area contributed by atoms with E-state index in [1.807, 2.05) is 22.6 Å². The van der Waals surface area contributed by atoms with Crippen molar-refractivity contribution in [2.45, 2.75) is 31.8 Å². The van der Waals surface area contributed by atoms with E-state index in [0.717, 1.165) is 18.9 Å². The second-order valence-corrected chi connectivity index (χ2v) is 5.75. The van der Waals surface area contributed by atoms with Crippen molar-refractivity contribution in [3.05, 3.63) is 33.1 Å². The lowest BCUT2D eigenvalue weighted by Gasteiger charge is -2.26. The second kappa shape index (κ2) is 5.44. The lowest BCUT2D eigenvalue weighted by atomic mass is 10.1. The van der Waals surface area contributed by atoms with Gasteiger partial charge in [0.05, 0.1) is 0 Å². The number of amides is 1. The Hall–Kier alpha value is -1.18. The highest BCUT2D eigenvalue weighted by Gasteiger charge is 2.38. The van der Waals surface area contributed by atoms with Crippen LogP contribution < -0.4 is 0 Å². The van der Waals surface area contributed by atoms with Crippen LogP contribution >= 0.6 is 22.6 Å². The van der Waals surface area contributed by atoms with E-state index in [1.165, 1.54) is 24.0 Å². The van der Waals surface area contributed by atoms with E-state index in [4.69, 9.17) is 5.11 Å². The van der Waals surface area contributed by atoms with Crippen LogP contribution in [0.2, 0.25) is 0 Å². The van der Waals surface area contributed by atoms with Gasteiger partial charge in [0.2, 0.25) is 0 Å². The van der Waals surface area contributed by atoms with Crippen LogP contribution in [0.1, 0.15) is 30.1 Å². The zero-order valence-electron chi connectivity index (χ0n) is 10.3. The second-order valence-electron chi connectivity index (χ2n) is 4.59. The Kier molecular flexibility index (Phi) is 4.07. The van der Waals surface area contributed by atoms with Gasteiger partial charge in [-0.05, 0) is 60.6 Å². The maximum Gasteiger partial charge on any atom is 0.326 e. The Morgan fingerprint density at radius 3 is 2.58 bits per heavy atom. The van der Waals surface area contributed by atoms with Crippen LogP contribution in [0.25, 0.3) is 0 Å². The minimum Gasteiger partial charge on any atom is -0.480 e. The molecular formula is C13H13FINO3. The van der Waals surface area contributed by atoms with Crippen molar-refractivity contribution < 1.29 is 19.1 Å². The molecule has 0 heterocycles. The average molecular weight is 377 g/mol. The molecule has 0 aliphatic heterocycles. The van der Waals surface area contributed by atoms with Gasteiger partial charge in [0.1, 0.15) is 11.9 Å². The van der Waals surface area contributed by atoms with Crippen LogP contribution in [0.3, 0.4) is 0 Å². The summed E-state index contributed by atoms with van der Waals surface area (Å²) in [7, 11) is 0. The molecule has 0 aromatic heterocycles. The monoisotopic (exact) mass is 377 g/mol. The number of hydrogen-bond acceptors (Lipinski definition) is 2. The number of carbonyl (C=O) groups is 2. The normalized spacial score (nSPS) is 15.9. The fourth-order valence-corrected chi connectivity index (χ4v) is 2.24. The van der Waals surface area contributed by atoms with Gasteiger partial charge in [-0.3, -0.25) is 4.79 Å². The quantitative estimate of drug-likeness (QED) is 0.821. The predicted octanol–water partition coefficient (Wildman–Crippen LogP) is 2.51. The predicted molar refractivity (Wildman–Crippen MR) is 75.4 cm³/mol. The molecule has 1 unspecified atom stereocenters. The first-order valence-electron chi connectivity index (χ1n) is 5.92. The maximum absolute atomic E-state index is 13.5. The number of carbonyl (C=O) groups excluding carboxylic acids is 1. The van der Waals surface area contributed by atoms with Gasteiger partial charge in [-0.25, -0.2) is 9.18 Å². The Morgan fingerprint density at radius 1 is 1.47 bits per heavy atom. The van der Waals surface area contributed by atoms with Gasteiger partial charge in [-0.15, -0.1) is 0 Å². The molecule has 19 heavy (non-hydrogen) atoms. The highest BCUT2D eigenvalue weighted by molar-refractivity contribution is 14.1. The zero-order chi connectivity index (χ0) is 14.2. The van der Waals surface area contributed by atoms with Gasteiger partial charge in [0, 0.05) is 15.2 Å². The molecule has 2 rings (SSSR count). The van der Waals surface area contributed by atoms with E-state index >= 15 is 0 Å². The fourth-order valence-electron chi connectivity index (χ4n) is 1.91. The maximum atomic E-state index is 13.5. The summed E-state index contributed by atoms with van der Waals surface area (Å²) in [5.74, 6) is -1.94. The lowest BCUT2D eigenvalue weighted by molar-refractivity contribution is -0.141. The molecule has 0 spiro atoms. The Bertz CT molecular complexity index is 531. The van der Waals surface area contributed by atoms with Crippen LogP contribution in [-0.2, 0) is 4.79 Å². The van der Waals surface area contributed by atoms with E-state index in [9.17, 15) is 14.0 Å². The number of hydrogen-bond donors (Lipinski definition) is 1. The topological polar surface area (TPSA) is 57.6 Å². The summed E-state index contributed by atoms with van der Waals surface area (Å²) in [6.45, 7) is 1.47. The van der Waals surface area contributed by atoms with Crippen molar-refractivity contribution in [3.63, 3.8) is 0 Å². The molecule has 1 fully saturated rings. The zero-order valence-corrected chi connectivity index (χ0v) is 12.4. The summed E-state index contributed by atoms with van der Waals surface area (Å²) in [6, 6.07) is 3.26. The third-order valence-electron chi connectivity index (χ3n) is 3.12. The number of carboxylic acid groups (broad SMARTS) is 1. The molecule has 0 bridgehead atoms. The Morgan fingerprint density at radius 2 is 2.11 bits per heavy atom. The van der Waals surface area contributed by atoms with Gasteiger partial charge < -0.3 is 10.0 Å². The van der Waals surface area contributed by atoms with Gasteiger partial charge in [0.25, 0.3) is 5.91 Å². The third kappa shape index (κ3) is 3.05. The number of aliphatic carboxylic acids is 1. The molecule has 1 amide bonds. The highest BCUT2D eigenvalue weighted by atomic mass is 127. The van der Waals surface area contributed by atoms with Crippen molar-refractivity contribution in [1.82, 2.24) is 4.90 Å². The SMILES string of the molecule is CC(C(=O)O)N(C(=O)c1ccc(I)c(F)c1)C1CC1. The van der Waals surface area contributed by atoms with Crippen LogP contribution in [0.4, 0.5) is 4.39 Å². The van der Waals surface area contributed by atoms with Gasteiger partial charge in [-0.1, -0.05) is 0 Å². The Balaban J connectivity index is 2.28. The smallest absolute Gasteiger partial charge is 0.326 e. The largest absolute Gasteiger partial charge is 0.480 e. The summed E-state index contributed by atoms with van der Waals surface area (Å²) in [5.41, 5.74) is 0.193. The molecular weight excluding hydrogens is 364 g/mol. The van der Waals surface area contributed by atoms with E-state index in [2.05, 4.69) is 0 Å².